The van der Waals surface area contributed by atoms with Gasteiger partial charge in [-0.2, -0.15) is 0 Å². The summed E-state index contributed by atoms with van der Waals surface area (Å²) in [4.78, 5) is 9.00. The van der Waals surface area contributed by atoms with Crippen LogP contribution < -0.4 is 5.32 Å². The van der Waals surface area contributed by atoms with Crippen LogP contribution in [-0.2, 0) is 11.3 Å². The second kappa shape index (κ2) is 9.92. The molecule has 0 amide bonds. The summed E-state index contributed by atoms with van der Waals surface area (Å²) in [7, 11) is 0. The van der Waals surface area contributed by atoms with Gasteiger partial charge in [0.05, 0.1) is 35.4 Å². The van der Waals surface area contributed by atoms with Crippen LogP contribution in [0.1, 0.15) is 41.0 Å². The van der Waals surface area contributed by atoms with Crippen LogP contribution >= 0.6 is 22.9 Å². The van der Waals surface area contributed by atoms with Crippen molar-refractivity contribution in [2.75, 3.05) is 31.6 Å². The first-order valence-corrected chi connectivity index (χ1v) is 11.4. The van der Waals surface area contributed by atoms with Crippen molar-refractivity contribution in [3.8, 4) is 11.8 Å². The summed E-state index contributed by atoms with van der Waals surface area (Å²) in [6.45, 7) is 4.57. The minimum absolute atomic E-state index is 0.168. The fourth-order valence-electron chi connectivity index (χ4n) is 3.73. The lowest BCUT2D eigenvalue weighted by Gasteiger charge is -2.27. The lowest BCUT2D eigenvalue weighted by molar-refractivity contribution is 0.0346. The second-order valence-corrected chi connectivity index (χ2v) is 9.16. The zero-order valence-corrected chi connectivity index (χ0v) is 17.9. The smallest absolute Gasteiger partial charge is 0.131 e. The van der Waals surface area contributed by atoms with Crippen molar-refractivity contribution in [1.82, 2.24) is 9.88 Å². The van der Waals surface area contributed by atoms with E-state index in [-0.39, 0.29) is 6.10 Å². The highest BCUT2D eigenvalue weighted by atomic mass is 35.5. The Morgan fingerprint density at radius 3 is 2.79 bits per heavy atom. The van der Waals surface area contributed by atoms with Crippen LogP contribution in [0.25, 0.3) is 0 Å². The summed E-state index contributed by atoms with van der Waals surface area (Å²) in [6.07, 6.45) is 5.13. The average Bonchev–Trinajstić information content (AvgIpc) is 3.17. The Labute approximate surface area is 181 Å². The van der Waals surface area contributed by atoms with Gasteiger partial charge in [0.2, 0.25) is 0 Å². The molecule has 2 aromatic rings. The van der Waals surface area contributed by atoms with Crippen molar-refractivity contribution >= 4 is 28.6 Å². The third-order valence-corrected chi connectivity index (χ3v) is 6.58. The summed E-state index contributed by atoms with van der Waals surface area (Å²) in [5.74, 6) is 6.55. The summed E-state index contributed by atoms with van der Waals surface area (Å²) in [5.41, 5.74) is 1.77. The highest BCUT2D eigenvalue weighted by Gasteiger charge is 2.20. The molecule has 1 aliphatic heterocycles. The van der Waals surface area contributed by atoms with Gasteiger partial charge in [-0.05, 0) is 43.9 Å². The quantitative estimate of drug-likeness (QED) is 0.570. The maximum absolute atomic E-state index is 9.72. The predicted molar refractivity (Wildman–Crippen MR) is 118 cm³/mol. The molecule has 7 heteroatoms. The van der Waals surface area contributed by atoms with Gasteiger partial charge >= 0.3 is 0 Å². The van der Waals surface area contributed by atoms with Gasteiger partial charge < -0.3 is 15.2 Å². The van der Waals surface area contributed by atoms with E-state index < -0.39 is 0 Å². The Morgan fingerprint density at radius 1 is 1.21 bits per heavy atom. The third kappa shape index (κ3) is 5.94. The van der Waals surface area contributed by atoms with Gasteiger partial charge in [0.25, 0.3) is 0 Å². The Hall–Kier alpha value is -1.62. The summed E-state index contributed by atoms with van der Waals surface area (Å²) < 4.78 is 5.42. The first-order chi connectivity index (χ1) is 14.2. The fraction of sp³-hybridized carbons (Fsp3) is 0.500. The maximum Gasteiger partial charge on any atom is 0.131 e. The number of halogens is 1. The number of thiophene rings is 1. The standard InChI is InChI=1S/C22H26ClN3O2S/c23-22-13-21(25-17-2-4-18(27)5-3-17)16(14-24-22)1-6-19-7-8-20(29-19)15-26-9-11-28-12-10-26/h7-8,13-14,17-18,27H,2-5,9-12,15H2,(H,24,25). The molecule has 0 unspecified atom stereocenters. The molecule has 2 aliphatic rings. The van der Waals surface area contributed by atoms with Crippen molar-refractivity contribution in [2.24, 2.45) is 0 Å². The average molecular weight is 432 g/mol. The van der Waals surface area contributed by atoms with Gasteiger partial charge in [-0.1, -0.05) is 23.4 Å². The largest absolute Gasteiger partial charge is 0.393 e. The molecular weight excluding hydrogens is 406 g/mol. The van der Waals surface area contributed by atoms with E-state index in [1.807, 2.05) is 6.07 Å². The number of hydrogen-bond acceptors (Lipinski definition) is 6. The molecule has 4 rings (SSSR count). The molecule has 1 saturated heterocycles. The summed E-state index contributed by atoms with van der Waals surface area (Å²) in [5, 5.41) is 13.7. The third-order valence-electron chi connectivity index (χ3n) is 5.39. The first-order valence-electron chi connectivity index (χ1n) is 10.2. The fourth-order valence-corrected chi connectivity index (χ4v) is 4.79. The van der Waals surface area contributed by atoms with Crippen LogP contribution in [-0.4, -0.2) is 53.4 Å². The van der Waals surface area contributed by atoms with Crippen molar-refractivity contribution in [1.29, 1.82) is 0 Å². The van der Waals surface area contributed by atoms with Gasteiger partial charge in [0.15, 0.2) is 0 Å². The van der Waals surface area contributed by atoms with E-state index in [1.165, 1.54) is 4.88 Å². The molecule has 1 aliphatic carbocycles. The molecular formula is C22H26ClN3O2S. The number of nitrogens with zero attached hydrogens (tertiary/aromatic N) is 2. The van der Waals surface area contributed by atoms with Gasteiger partial charge in [0.1, 0.15) is 5.15 Å². The zero-order valence-electron chi connectivity index (χ0n) is 16.4. The molecule has 0 bridgehead atoms. The van der Waals surface area contributed by atoms with E-state index in [9.17, 15) is 5.11 Å². The van der Waals surface area contributed by atoms with Gasteiger partial charge in [0, 0.05) is 36.8 Å². The monoisotopic (exact) mass is 431 g/mol. The number of nitrogens with one attached hydrogen (secondary N) is 1. The van der Waals surface area contributed by atoms with E-state index in [0.717, 1.165) is 74.7 Å². The van der Waals surface area contributed by atoms with Crippen LogP contribution in [0.15, 0.2) is 24.4 Å². The normalized spacial score (nSPS) is 22.7. The van der Waals surface area contributed by atoms with Crippen LogP contribution in [0, 0.1) is 11.8 Å². The van der Waals surface area contributed by atoms with Crippen molar-refractivity contribution < 1.29 is 9.84 Å². The number of rotatable bonds is 4. The van der Waals surface area contributed by atoms with Crippen molar-refractivity contribution in [3.63, 3.8) is 0 Å². The highest BCUT2D eigenvalue weighted by molar-refractivity contribution is 7.12. The minimum Gasteiger partial charge on any atom is -0.393 e. The number of hydrogen-bond donors (Lipinski definition) is 2. The van der Waals surface area contributed by atoms with E-state index in [2.05, 4.69) is 39.2 Å². The Bertz CT molecular complexity index is 878. The molecule has 0 spiro atoms. The molecule has 154 valence electrons. The molecule has 5 nitrogen and oxygen atoms in total. The zero-order chi connectivity index (χ0) is 20.1. The van der Waals surface area contributed by atoms with E-state index in [4.69, 9.17) is 16.3 Å². The number of anilines is 1. The molecule has 0 radical (unpaired) electrons. The molecule has 0 atom stereocenters. The SMILES string of the molecule is OC1CCC(Nc2cc(Cl)ncc2C#Cc2ccc(CN3CCOCC3)s2)CC1. The molecule has 3 heterocycles. The number of morpholine rings is 1. The number of ether oxygens (including phenoxy) is 1. The van der Waals surface area contributed by atoms with Crippen LogP contribution in [0.2, 0.25) is 5.15 Å². The van der Waals surface area contributed by atoms with E-state index in [0.29, 0.717) is 11.2 Å². The number of aliphatic hydroxyl groups excluding tert-OH is 1. The second-order valence-electron chi connectivity index (χ2n) is 7.61. The number of aliphatic hydroxyl groups is 1. The van der Waals surface area contributed by atoms with E-state index >= 15 is 0 Å². The van der Waals surface area contributed by atoms with Crippen LogP contribution in [0.4, 0.5) is 5.69 Å². The molecule has 2 fully saturated rings. The molecule has 0 aromatic carbocycles. The van der Waals surface area contributed by atoms with Crippen LogP contribution in [0.3, 0.4) is 0 Å². The lowest BCUT2D eigenvalue weighted by Crippen LogP contribution is -2.35. The molecule has 29 heavy (non-hydrogen) atoms. The Kier molecular flexibility index (Phi) is 7.06. The minimum atomic E-state index is -0.168. The van der Waals surface area contributed by atoms with E-state index in [1.54, 1.807) is 17.5 Å². The van der Waals surface area contributed by atoms with Gasteiger partial charge in [-0.15, -0.1) is 11.3 Å². The van der Waals surface area contributed by atoms with Crippen molar-refractivity contribution in [3.05, 3.63) is 44.9 Å². The summed E-state index contributed by atoms with van der Waals surface area (Å²) in [6, 6.07) is 6.43. The summed E-state index contributed by atoms with van der Waals surface area (Å²) >= 11 is 7.86. The topological polar surface area (TPSA) is 57.6 Å². The van der Waals surface area contributed by atoms with Crippen LogP contribution in [0.5, 0.6) is 0 Å². The number of aromatic nitrogens is 1. The molecule has 2 N–H and O–H groups in total. The molecule has 1 saturated carbocycles. The van der Waals surface area contributed by atoms with Gasteiger partial charge in [-0.25, -0.2) is 4.98 Å². The Morgan fingerprint density at radius 2 is 2.00 bits per heavy atom. The first kappa shape index (κ1) is 20.6. The van der Waals surface area contributed by atoms with Crippen molar-refractivity contribution in [2.45, 2.75) is 44.4 Å². The lowest BCUT2D eigenvalue weighted by atomic mass is 9.93. The van der Waals surface area contributed by atoms with Gasteiger partial charge in [-0.3, -0.25) is 4.90 Å². The predicted octanol–water partition coefficient (Wildman–Crippen LogP) is 3.74. The maximum atomic E-state index is 9.72. The molecule has 2 aromatic heterocycles. The Balaban J connectivity index is 1.44. The highest BCUT2D eigenvalue weighted by Crippen LogP contribution is 2.25. The number of pyridine rings is 1.